The molecule has 1 heterocycles. The minimum absolute atomic E-state index is 0. The van der Waals surface area contributed by atoms with Crippen molar-refractivity contribution in [2.45, 2.75) is 33.2 Å². The van der Waals surface area contributed by atoms with Crippen molar-refractivity contribution in [3.8, 4) is 5.75 Å². The number of halogens is 1. The Labute approximate surface area is 178 Å². The number of nitrogens with one attached hydrogen (secondary N) is 2. The van der Waals surface area contributed by atoms with E-state index in [1.165, 1.54) is 0 Å². The van der Waals surface area contributed by atoms with E-state index in [1.807, 2.05) is 38.1 Å². The number of hydrogen-bond donors (Lipinski definition) is 2. The van der Waals surface area contributed by atoms with Crippen molar-refractivity contribution in [2.75, 3.05) is 20.2 Å². The zero-order valence-electron chi connectivity index (χ0n) is 16.4. The molecule has 1 aromatic carbocycles. The predicted octanol–water partition coefficient (Wildman–Crippen LogP) is 3.94. The van der Waals surface area contributed by atoms with Gasteiger partial charge in [0.25, 0.3) is 0 Å². The summed E-state index contributed by atoms with van der Waals surface area (Å²) < 4.78 is 10.9. The lowest BCUT2D eigenvalue weighted by atomic mass is 10.00. The van der Waals surface area contributed by atoms with Crippen LogP contribution in [-0.4, -0.2) is 31.3 Å². The Bertz CT molecular complexity index is 739. The molecule has 0 aliphatic carbocycles. The molecule has 0 bridgehead atoms. The molecule has 0 saturated carbocycles. The molecule has 0 aliphatic rings. The Balaban J connectivity index is 0.00000364. The quantitative estimate of drug-likeness (QED) is 0.257. The van der Waals surface area contributed by atoms with Crippen molar-refractivity contribution >= 4 is 29.9 Å². The fourth-order valence-electron chi connectivity index (χ4n) is 2.88. The van der Waals surface area contributed by atoms with Gasteiger partial charge in [0.1, 0.15) is 18.1 Å². The van der Waals surface area contributed by atoms with Crippen molar-refractivity contribution < 1.29 is 9.26 Å². The lowest BCUT2D eigenvalue weighted by Gasteiger charge is -2.17. The molecule has 148 valence electrons. The van der Waals surface area contributed by atoms with Crippen molar-refractivity contribution in [1.82, 2.24) is 15.8 Å². The lowest BCUT2D eigenvalue weighted by Crippen LogP contribution is -2.38. The molecule has 1 aromatic heterocycles. The van der Waals surface area contributed by atoms with Gasteiger partial charge < -0.3 is 19.9 Å². The van der Waals surface area contributed by atoms with E-state index in [1.54, 1.807) is 13.1 Å². The molecular formula is C20H29IN4O2. The number of ether oxygens (including phenoxy) is 1. The van der Waals surface area contributed by atoms with Gasteiger partial charge in [0.15, 0.2) is 5.96 Å². The summed E-state index contributed by atoms with van der Waals surface area (Å²) in [6.07, 6.45) is 1.74. The number of benzene rings is 1. The number of hydrogen-bond acceptors (Lipinski definition) is 4. The van der Waals surface area contributed by atoms with Gasteiger partial charge in [-0.1, -0.05) is 42.9 Å². The van der Waals surface area contributed by atoms with Crippen LogP contribution in [0.5, 0.6) is 5.75 Å². The minimum atomic E-state index is 0. The summed E-state index contributed by atoms with van der Waals surface area (Å²) in [5.41, 5.74) is 3.15. The van der Waals surface area contributed by atoms with E-state index in [0.717, 1.165) is 40.8 Å². The first-order chi connectivity index (χ1) is 12.6. The van der Waals surface area contributed by atoms with Gasteiger partial charge in [0.05, 0.1) is 5.69 Å². The second-order valence-electron chi connectivity index (χ2n) is 6.15. The molecule has 0 fully saturated rings. The Kier molecular flexibility index (Phi) is 9.92. The highest BCUT2D eigenvalue weighted by Crippen LogP contribution is 2.22. The number of rotatable bonds is 8. The van der Waals surface area contributed by atoms with Crippen molar-refractivity contribution in [1.29, 1.82) is 0 Å². The zero-order chi connectivity index (χ0) is 18.9. The highest BCUT2D eigenvalue weighted by molar-refractivity contribution is 14.0. The van der Waals surface area contributed by atoms with Crippen LogP contribution < -0.4 is 15.4 Å². The fraction of sp³-hybridized carbons (Fsp3) is 0.400. The van der Waals surface area contributed by atoms with Crippen LogP contribution in [0.1, 0.15) is 35.4 Å². The summed E-state index contributed by atoms with van der Waals surface area (Å²) in [5.74, 6) is 2.72. The molecule has 1 unspecified atom stereocenters. The van der Waals surface area contributed by atoms with Crippen molar-refractivity contribution in [3.05, 3.63) is 59.5 Å². The van der Waals surface area contributed by atoms with Crippen molar-refractivity contribution in [3.63, 3.8) is 0 Å². The zero-order valence-corrected chi connectivity index (χ0v) is 18.7. The Hall–Kier alpha value is -2.03. The number of aliphatic imine (C=N–C) groups is 1. The van der Waals surface area contributed by atoms with Gasteiger partial charge >= 0.3 is 0 Å². The first-order valence-electron chi connectivity index (χ1n) is 8.75. The summed E-state index contributed by atoms with van der Waals surface area (Å²) >= 11 is 0. The van der Waals surface area contributed by atoms with Crippen LogP contribution in [0.25, 0.3) is 0 Å². The first-order valence-corrected chi connectivity index (χ1v) is 8.75. The Morgan fingerprint density at radius 1 is 1.33 bits per heavy atom. The maximum atomic E-state index is 5.69. The van der Waals surface area contributed by atoms with Gasteiger partial charge in [-0.25, -0.2) is 0 Å². The average molecular weight is 484 g/mol. The summed E-state index contributed by atoms with van der Waals surface area (Å²) in [6, 6.07) is 7.94. The molecule has 0 aliphatic heterocycles. The van der Waals surface area contributed by atoms with Crippen LogP contribution >= 0.6 is 24.0 Å². The van der Waals surface area contributed by atoms with E-state index < -0.39 is 0 Å². The number of aryl methyl sites for hydroxylation is 2. The van der Waals surface area contributed by atoms with E-state index in [9.17, 15) is 0 Å². The third-order valence-electron chi connectivity index (χ3n) is 4.16. The maximum absolute atomic E-state index is 5.69. The van der Waals surface area contributed by atoms with Crippen molar-refractivity contribution in [2.24, 2.45) is 4.99 Å². The summed E-state index contributed by atoms with van der Waals surface area (Å²) in [5, 5.41) is 10.7. The van der Waals surface area contributed by atoms with E-state index in [-0.39, 0.29) is 29.9 Å². The fourth-order valence-corrected chi connectivity index (χ4v) is 2.88. The molecule has 7 heteroatoms. The van der Waals surface area contributed by atoms with Gasteiger partial charge in [-0.15, -0.1) is 24.0 Å². The van der Waals surface area contributed by atoms with Crippen LogP contribution in [0.15, 0.2) is 46.4 Å². The monoisotopic (exact) mass is 484 g/mol. The molecule has 0 amide bonds. The number of guanidine groups is 1. The molecule has 2 N–H and O–H groups in total. The average Bonchev–Trinajstić information content (AvgIpc) is 2.99. The largest absolute Gasteiger partial charge is 0.489 e. The molecular weight excluding hydrogens is 455 g/mol. The summed E-state index contributed by atoms with van der Waals surface area (Å²) in [7, 11) is 1.76. The molecule has 6 nitrogen and oxygen atoms in total. The third-order valence-corrected chi connectivity index (χ3v) is 4.16. The number of aromatic nitrogens is 1. The summed E-state index contributed by atoms with van der Waals surface area (Å²) in [6.45, 7) is 11.6. The predicted molar refractivity (Wildman–Crippen MR) is 120 cm³/mol. The SMILES string of the molecule is C=CCOc1ccccc1CNC(=NC)NCC(C)c1c(C)noc1C.I. The normalized spacial score (nSPS) is 12.1. The molecule has 0 radical (unpaired) electrons. The van der Waals surface area contributed by atoms with Gasteiger partial charge in [0.2, 0.25) is 0 Å². The number of nitrogens with zero attached hydrogens (tertiary/aromatic N) is 2. The van der Waals surface area contributed by atoms with E-state index in [4.69, 9.17) is 9.26 Å². The second kappa shape index (κ2) is 11.6. The molecule has 0 spiro atoms. The lowest BCUT2D eigenvalue weighted by molar-refractivity contribution is 0.358. The standard InChI is InChI=1S/C20H28N4O2.HI/c1-6-11-25-18-10-8-7-9-17(18)13-23-20(21-5)22-12-14(2)19-15(3)24-26-16(19)4;/h6-10,14H,1,11-13H2,2-5H3,(H2,21,22,23);1H. The topological polar surface area (TPSA) is 71.7 Å². The van der Waals surface area contributed by atoms with E-state index in [0.29, 0.717) is 13.2 Å². The smallest absolute Gasteiger partial charge is 0.191 e. The Morgan fingerprint density at radius 3 is 2.70 bits per heavy atom. The third kappa shape index (κ3) is 6.57. The molecule has 2 rings (SSSR count). The van der Waals surface area contributed by atoms with E-state index in [2.05, 4.69) is 34.3 Å². The van der Waals surface area contributed by atoms with Gasteiger partial charge in [0, 0.05) is 37.2 Å². The Morgan fingerprint density at radius 2 is 2.07 bits per heavy atom. The van der Waals surface area contributed by atoms with E-state index >= 15 is 0 Å². The van der Waals surface area contributed by atoms with Crippen LogP contribution in [-0.2, 0) is 6.54 Å². The minimum Gasteiger partial charge on any atom is -0.489 e. The highest BCUT2D eigenvalue weighted by atomic mass is 127. The molecule has 27 heavy (non-hydrogen) atoms. The van der Waals surface area contributed by atoms with Crippen LogP contribution in [0.3, 0.4) is 0 Å². The van der Waals surface area contributed by atoms with Gasteiger partial charge in [-0.05, 0) is 19.9 Å². The second-order valence-corrected chi connectivity index (χ2v) is 6.15. The van der Waals surface area contributed by atoms with Crippen LogP contribution in [0, 0.1) is 13.8 Å². The van der Waals surface area contributed by atoms with Gasteiger partial charge in [-0.3, -0.25) is 4.99 Å². The van der Waals surface area contributed by atoms with Crippen LogP contribution in [0.4, 0.5) is 0 Å². The molecule has 1 atom stereocenters. The molecule has 0 saturated heterocycles. The summed E-state index contributed by atoms with van der Waals surface area (Å²) in [4.78, 5) is 4.29. The first kappa shape index (κ1) is 23.0. The molecule has 2 aromatic rings. The van der Waals surface area contributed by atoms with Gasteiger partial charge in [-0.2, -0.15) is 0 Å². The number of para-hydroxylation sites is 1. The highest BCUT2D eigenvalue weighted by Gasteiger charge is 2.16. The van der Waals surface area contributed by atoms with Crippen LogP contribution in [0.2, 0.25) is 0 Å². The maximum Gasteiger partial charge on any atom is 0.191 e.